The maximum atomic E-state index is 10.3. The molecule has 2 N–H and O–H groups in total. The number of thioether (sulfide) groups is 1. The summed E-state index contributed by atoms with van der Waals surface area (Å²) in [6.45, 7) is 0. The maximum Gasteiger partial charge on any atom is 0.333 e. The quantitative estimate of drug-likeness (QED) is 0.774. The zero-order valence-electron chi connectivity index (χ0n) is 7.59. The van der Waals surface area contributed by atoms with Crippen LogP contribution >= 0.6 is 11.8 Å². The topological polar surface area (TPSA) is 57.5 Å². The number of rotatable bonds is 5. The number of carbonyl (C=O) groups is 1. The number of benzene rings is 1. The van der Waals surface area contributed by atoms with Gasteiger partial charge >= 0.3 is 5.97 Å². The highest BCUT2D eigenvalue weighted by Gasteiger charge is 2.12. The Hall–Kier alpha value is -1.00. The van der Waals surface area contributed by atoms with Gasteiger partial charge in [-0.25, -0.2) is 4.79 Å². The molecule has 0 heterocycles. The summed E-state index contributed by atoms with van der Waals surface area (Å²) in [6, 6.07) is 9.74. The molecule has 0 aliphatic heterocycles. The van der Waals surface area contributed by atoms with Crippen molar-refractivity contribution in [3.63, 3.8) is 0 Å². The molecule has 0 amide bonds. The van der Waals surface area contributed by atoms with Crippen molar-refractivity contribution in [1.82, 2.24) is 0 Å². The number of hydrogen-bond donors (Lipinski definition) is 2. The molecule has 4 heteroatoms. The molecular formula is C10H12O3S. The summed E-state index contributed by atoms with van der Waals surface area (Å²) in [5.41, 5.74) is 1.13. The van der Waals surface area contributed by atoms with Crippen LogP contribution in [0.15, 0.2) is 30.3 Å². The average molecular weight is 212 g/mol. The summed E-state index contributed by atoms with van der Waals surface area (Å²) in [6.07, 6.45) is -1.26. The van der Waals surface area contributed by atoms with Gasteiger partial charge in [-0.15, -0.1) is 0 Å². The van der Waals surface area contributed by atoms with Crippen LogP contribution in [0.1, 0.15) is 5.56 Å². The van der Waals surface area contributed by atoms with E-state index in [0.29, 0.717) is 0 Å². The van der Waals surface area contributed by atoms with E-state index in [2.05, 4.69) is 0 Å². The van der Waals surface area contributed by atoms with E-state index in [1.165, 1.54) is 11.8 Å². The third-order valence-corrected chi connectivity index (χ3v) is 2.76. The van der Waals surface area contributed by atoms with Crippen molar-refractivity contribution in [2.45, 2.75) is 11.9 Å². The second-order valence-electron chi connectivity index (χ2n) is 2.85. The molecule has 1 rings (SSSR count). The Morgan fingerprint density at radius 2 is 2.00 bits per heavy atom. The predicted octanol–water partition coefficient (Wildman–Crippen LogP) is 1.37. The van der Waals surface area contributed by atoms with Crippen LogP contribution in [0.25, 0.3) is 0 Å². The number of carboxylic acid groups (broad SMARTS) is 1. The smallest absolute Gasteiger partial charge is 0.333 e. The lowest BCUT2D eigenvalue weighted by atomic mass is 10.2. The van der Waals surface area contributed by atoms with Crippen molar-refractivity contribution in [1.29, 1.82) is 0 Å². The molecule has 1 unspecified atom stereocenters. The van der Waals surface area contributed by atoms with E-state index in [1.807, 2.05) is 30.3 Å². The van der Waals surface area contributed by atoms with Crippen LogP contribution in [0.5, 0.6) is 0 Å². The number of aliphatic hydroxyl groups is 1. The number of aliphatic carboxylic acids is 1. The van der Waals surface area contributed by atoms with E-state index >= 15 is 0 Å². The third kappa shape index (κ3) is 3.81. The standard InChI is InChI=1S/C10H12O3S/c11-9(10(12)13)7-14-6-8-4-2-1-3-5-8/h1-5,9,11H,6-7H2,(H,12,13). The van der Waals surface area contributed by atoms with Crippen molar-refractivity contribution < 1.29 is 15.0 Å². The van der Waals surface area contributed by atoms with Gasteiger partial charge in [0.1, 0.15) is 0 Å². The highest BCUT2D eigenvalue weighted by Crippen LogP contribution is 2.12. The first-order valence-electron chi connectivity index (χ1n) is 4.22. The highest BCUT2D eigenvalue weighted by molar-refractivity contribution is 7.98. The Morgan fingerprint density at radius 3 is 2.57 bits per heavy atom. The lowest BCUT2D eigenvalue weighted by molar-refractivity contribution is -0.145. The monoisotopic (exact) mass is 212 g/mol. The molecule has 0 saturated carbocycles. The van der Waals surface area contributed by atoms with E-state index in [0.717, 1.165) is 11.3 Å². The second kappa shape index (κ2) is 5.67. The van der Waals surface area contributed by atoms with Gasteiger partial charge < -0.3 is 10.2 Å². The first kappa shape index (κ1) is 11.1. The van der Waals surface area contributed by atoms with E-state index in [1.54, 1.807) is 0 Å². The highest BCUT2D eigenvalue weighted by atomic mass is 32.2. The molecule has 1 atom stereocenters. The van der Waals surface area contributed by atoms with Crippen LogP contribution in [-0.4, -0.2) is 28.0 Å². The Labute approximate surface area is 86.8 Å². The molecule has 76 valence electrons. The minimum absolute atomic E-state index is 0.226. The van der Waals surface area contributed by atoms with Crippen molar-refractivity contribution >= 4 is 17.7 Å². The van der Waals surface area contributed by atoms with Crippen molar-refractivity contribution in [3.8, 4) is 0 Å². The largest absolute Gasteiger partial charge is 0.479 e. The van der Waals surface area contributed by atoms with Crippen LogP contribution in [0.3, 0.4) is 0 Å². The minimum atomic E-state index is -1.26. The molecule has 14 heavy (non-hydrogen) atoms. The molecule has 0 fully saturated rings. The molecular weight excluding hydrogens is 200 g/mol. The SMILES string of the molecule is O=C(O)C(O)CSCc1ccccc1. The maximum absolute atomic E-state index is 10.3. The van der Waals surface area contributed by atoms with Crippen LogP contribution in [-0.2, 0) is 10.5 Å². The van der Waals surface area contributed by atoms with Gasteiger partial charge in [0, 0.05) is 11.5 Å². The van der Waals surface area contributed by atoms with Gasteiger partial charge in [-0.2, -0.15) is 11.8 Å². The fraction of sp³-hybridized carbons (Fsp3) is 0.300. The molecule has 1 aromatic carbocycles. The number of carboxylic acids is 1. The fourth-order valence-electron chi connectivity index (χ4n) is 0.934. The van der Waals surface area contributed by atoms with Crippen LogP contribution < -0.4 is 0 Å². The normalized spacial score (nSPS) is 12.4. The summed E-state index contributed by atoms with van der Waals surface area (Å²) in [5.74, 6) is -0.208. The summed E-state index contributed by atoms with van der Waals surface area (Å²) in [5, 5.41) is 17.4. The van der Waals surface area contributed by atoms with Gasteiger partial charge in [-0.05, 0) is 5.56 Å². The van der Waals surface area contributed by atoms with Crippen molar-refractivity contribution in [2.75, 3.05) is 5.75 Å². The Bertz CT molecular complexity index is 287. The van der Waals surface area contributed by atoms with Gasteiger partial charge in [-0.3, -0.25) is 0 Å². The molecule has 0 radical (unpaired) electrons. The van der Waals surface area contributed by atoms with E-state index in [9.17, 15) is 4.79 Å². The second-order valence-corrected chi connectivity index (χ2v) is 3.89. The molecule has 0 saturated heterocycles. The first-order chi connectivity index (χ1) is 6.70. The van der Waals surface area contributed by atoms with Gasteiger partial charge in [0.25, 0.3) is 0 Å². The molecule has 3 nitrogen and oxygen atoms in total. The van der Waals surface area contributed by atoms with Gasteiger partial charge in [0.05, 0.1) is 0 Å². The zero-order chi connectivity index (χ0) is 10.4. The van der Waals surface area contributed by atoms with Gasteiger partial charge in [0.15, 0.2) is 6.10 Å². The van der Waals surface area contributed by atoms with Crippen molar-refractivity contribution in [3.05, 3.63) is 35.9 Å². The molecule has 0 spiro atoms. The van der Waals surface area contributed by atoms with Crippen LogP contribution in [0, 0.1) is 0 Å². The summed E-state index contributed by atoms with van der Waals surface area (Å²) < 4.78 is 0. The molecule has 1 aromatic rings. The fourth-order valence-corrected chi connectivity index (χ4v) is 1.85. The van der Waals surface area contributed by atoms with E-state index < -0.39 is 12.1 Å². The summed E-state index contributed by atoms with van der Waals surface area (Å²) >= 11 is 1.41. The molecule has 0 aromatic heterocycles. The lowest BCUT2D eigenvalue weighted by Gasteiger charge is -2.04. The number of hydrogen-bond acceptors (Lipinski definition) is 3. The zero-order valence-corrected chi connectivity index (χ0v) is 8.41. The van der Waals surface area contributed by atoms with Crippen molar-refractivity contribution in [2.24, 2.45) is 0 Å². The average Bonchev–Trinajstić information content (AvgIpc) is 2.19. The van der Waals surface area contributed by atoms with Crippen LogP contribution in [0.2, 0.25) is 0 Å². The van der Waals surface area contributed by atoms with E-state index in [-0.39, 0.29) is 5.75 Å². The third-order valence-electron chi connectivity index (χ3n) is 1.67. The molecule has 0 bridgehead atoms. The molecule has 0 aliphatic carbocycles. The Morgan fingerprint density at radius 1 is 1.36 bits per heavy atom. The first-order valence-corrected chi connectivity index (χ1v) is 5.38. The van der Waals surface area contributed by atoms with Crippen LogP contribution in [0.4, 0.5) is 0 Å². The lowest BCUT2D eigenvalue weighted by Crippen LogP contribution is -2.21. The van der Waals surface area contributed by atoms with Gasteiger partial charge in [-0.1, -0.05) is 30.3 Å². The Balaban J connectivity index is 2.26. The predicted molar refractivity (Wildman–Crippen MR) is 56.2 cm³/mol. The Kier molecular flexibility index (Phi) is 4.49. The van der Waals surface area contributed by atoms with Gasteiger partial charge in [0.2, 0.25) is 0 Å². The van der Waals surface area contributed by atoms with E-state index in [4.69, 9.17) is 10.2 Å². The molecule has 0 aliphatic rings. The summed E-state index contributed by atoms with van der Waals surface area (Å²) in [4.78, 5) is 10.3. The minimum Gasteiger partial charge on any atom is -0.479 e. The number of aliphatic hydroxyl groups excluding tert-OH is 1. The summed E-state index contributed by atoms with van der Waals surface area (Å²) in [7, 11) is 0.